The zero-order valence-corrected chi connectivity index (χ0v) is 9.76. The SMILES string of the molecule is CC(C)C(C)(F)c1cccc(CCN)c1. The molecule has 2 heteroatoms. The quantitative estimate of drug-likeness (QED) is 0.810. The van der Waals surface area contributed by atoms with Gasteiger partial charge in [-0.1, -0.05) is 38.1 Å². The Morgan fingerprint density at radius 3 is 2.60 bits per heavy atom. The van der Waals surface area contributed by atoms with Crippen molar-refractivity contribution < 1.29 is 4.39 Å². The van der Waals surface area contributed by atoms with Crippen molar-refractivity contribution in [2.24, 2.45) is 11.7 Å². The van der Waals surface area contributed by atoms with Gasteiger partial charge in [-0.25, -0.2) is 4.39 Å². The second kappa shape index (κ2) is 4.75. The normalized spacial score (nSPS) is 15.3. The van der Waals surface area contributed by atoms with Gasteiger partial charge in [0.05, 0.1) is 0 Å². The summed E-state index contributed by atoms with van der Waals surface area (Å²) < 4.78 is 14.3. The smallest absolute Gasteiger partial charge is 0.135 e. The van der Waals surface area contributed by atoms with Crippen LogP contribution in [0.2, 0.25) is 0 Å². The van der Waals surface area contributed by atoms with E-state index >= 15 is 0 Å². The second-order valence-electron chi connectivity index (χ2n) is 4.47. The minimum absolute atomic E-state index is 0.0226. The van der Waals surface area contributed by atoms with E-state index in [1.807, 2.05) is 38.1 Å². The number of hydrogen-bond donors (Lipinski definition) is 1. The first-order valence-electron chi connectivity index (χ1n) is 5.47. The van der Waals surface area contributed by atoms with Gasteiger partial charge in [0.25, 0.3) is 0 Å². The lowest BCUT2D eigenvalue weighted by molar-refractivity contribution is 0.123. The molecule has 0 fully saturated rings. The predicted molar refractivity (Wildman–Crippen MR) is 62.5 cm³/mol. The van der Waals surface area contributed by atoms with Crippen LogP contribution in [0.25, 0.3) is 0 Å². The summed E-state index contributed by atoms with van der Waals surface area (Å²) in [7, 11) is 0. The highest BCUT2D eigenvalue weighted by Gasteiger charge is 2.29. The van der Waals surface area contributed by atoms with Gasteiger partial charge in [-0.2, -0.15) is 0 Å². The highest BCUT2D eigenvalue weighted by Crippen LogP contribution is 2.33. The summed E-state index contributed by atoms with van der Waals surface area (Å²) in [6.45, 7) is 6.04. The van der Waals surface area contributed by atoms with Gasteiger partial charge in [-0.15, -0.1) is 0 Å². The number of alkyl halides is 1. The van der Waals surface area contributed by atoms with Crippen molar-refractivity contribution in [3.05, 3.63) is 35.4 Å². The van der Waals surface area contributed by atoms with Crippen LogP contribution in [-0.2, 0) is 12.1 Å². The first-order valence-corrected chi connectivity index (χ1v) is 5.47. The minimum atomic E-state index is -1.26. The average Bonchev–Trinajstić information content (AvgIpc) is 2.18. The molecule has 84 valence electrons. The van der Waals surface area contributed by atoms with Crippen LogP contribution in [0.4, 0.5) is 4.39 Å². The van der Waals surface area contributed by atoms with Gasteiger partial charge in [0.15, 0.2) is 0 Å². The Morgan fingerprint density at radius 2 is 2.07 bits per heavy atom. The minimum Gasteiger partial charge on any atom is -0.330 e. The molecule has 0 aliphatic carbocycles. The third-order valence-electron chi connectivity index (χ3n) is 3.01. The lowest BCUT2D eigenvalue weighted by atomic mass is 9.86. The molecule has 1 atom stereocenters. The summed E-state index contributed by atoms with van der Waals surface area (Å²) >= 11 is 0. The summed E-state index contributed by atoms with van der Waals surface area (Å²) in [5.41, 5.74) is 6.09. The van der Waals surface area contributed by atoms with Gasteiger partial charge >= 0.3 is 0 Å². The first-order chi connectivity index (χ1) is 6.98. The summed E-state index contributed by atoms with van der Waals surface area (Å²) in [5.74, 6) is -0.0226. The molecule has 1 unspecified atom stereocenters. The Hall–Kier alpha value is -0.890. The van der Waals surface area contributed by atoms with E-state index in [1.54, 1.807) is 6.92 Å². The van der Waals surface area contributed by atoms with Gasteiger partial charge in [0, 0.05) is 0 Å². The van der Waals surface area contributed by atoms with Crippen LogP contribution in [0.3, 0.4) is 0 Å². The maximum atomic E-state index is 14.3. The standard InChI is InChI=1S/C13H20FN/c1-10(2)13(3,14)12-6-4-5-11(9-12)7-8-15/h4-6,9-10H,7-8,15H2,1-3H3. The molecule has 15 heavy (non-hydrogen) atoms. The Kier molecular flexibility index (Phi) is 3.86. The van der Waals surface area contributed by atoms with Gasteiger partial charge in [-0.05, 0) is 36.9 Å². The van der Waals surface area contributed by atoms with E-state index in [4.69, 9.17) is 5.73 Å². The van der Waals surface area contributed by atoms with E-state index in [9.17, 15) is 4.39 Å². The van der Waals surface area contributed by atoms with Gasteiger partial charge in [-0.3, -0.25) is 0 Å². The molecule has 0 aromatic heterocycles. The number of halogens is 1. The third-order valence-corrected chi connectivity index (χ3v) is 3.01. The third kappa shape index (κ3) is 2.78. The van der Waals surface area contributed by atoms with Crippen molar-refractivity contribution in [3.8, 4) is 0 Å². The zero-order valence-electron chi connectivity index (χ0n) is 9.76. The van der Waals surface area contributed by atoms with Crippen LogP contribution in [0.15, 0.2) is 24.3 Å². The summed E-state index contributed by atoms with van der Waals surface area (Å²) in [6.07, 6.45) is 0.808. The topological polar surface area (TPSA) is 26.0 Å². The number of rotatable bonds is 4. The van der Waals surface area contributed by atoms with Gasteiger partial charge in [0.1, 0.15) is 5.67 Å². The lowest BCUT2D eigenvalue weighted by Crippen LogP contribution is -2.22. The largest absolute Gasteiger partial charge is 0.330 e. The van der Waals surface area contributed by atoms with E-state index in [0.29, 0.717) is 6.54 Å². The number of benzene rings is 1. The second-order valence-corrected chi connectivity index (χ2v) is 4.47. The molecule has 0 amide bonds. The maximum absolute atomic E-state index is 14.3. The molecule has 0 aliphatic heterocycles. The molecule has 0 bridgehead atoms. The first kappa shape index (κ1) is 12.2. The van der Waals surface area contributed by atoms with E-state index in [0.717, 1.165) is 17.5 Å². The van der Waals surface area contributed by atoms with Gasteiger partial charge in [0.2, 0.25) is 0 Å². The van der Waals surface area contributed by atoms with Crippen LogP contribution in [0, 0.1) is 5.92 Å². The van der Waals surface area contributed by atoms with Crippen molar-refractivity contribution in [2.75, 3.05) is 6.54 Å². The average molecular weight is 209 g/mol. The molecular weight excluding hydrogens is 189 g/mol. The molecule has 0 aliphatic rings. The van der Waals surface area contributed by atoms with E-state index < -0.39 is 5.67 Å². The zero-order chi connectivity index (χ0) is 11.5. The Morgan fingerprint density at radius 1 is 1.40 bits per heavy atom. The Bertz CT molecular complexity index is 318. The molecule has 0 spiro atoms. The molecular formula is C13H20FN. The molecule has 1 aromatic carbocycles. The monoisotopic (exact) mass is 209 g/mol. The van der Waals surface area contributed by atoms with Crippen molar-refractivity contribution in [2.45, 2.75) is 32.9 Å². The van der Waals surface area contributed by atoms with Crippen LogP contribution in [0.1, 0.15) is 31.9 Å². The van der Waals surface area contributed by atoms with Crippen molar-refractivity contribution in [1.29, 1.82) is 0 Å². The molecule has 0 heterocycles. The summed E-state index contributed by atoms with van der Waals surface area (Å²) in [4.78, 5) is 0. The van der Waals surface area contributed by atoms with Crippen molar-refractivity contribution >= 4 is 0 Å². The molecule has 1 nitrogen and oxygen atoms in total. The molecule has 1 rings (SSSR count). The van der Waals surface area contributed by atoms with E-state index in [1.165, 1.54) is 0 Å². The summed E-state index contributed by atoms with van der Waals surface area (Å²) in [6, 6.07) is 7.67. The number of nitrogens with two attached hydrogens (primary N) is 1. The fourth-order valence-corrected chi connectivity index (χ4v) is 1.53. The van der Waals surface area contributed by atoms with Crippen LogP contribution in [-0.4, -0.2) is 6.54 Å². The molecule has 1 aromatic rings. The Labute approximate surface area is 91.5 Å². The van der Waals surface area contributed by atoms with Crippen LogP contribution < -0.4 is 5.73 Å². The fraction of sp³-hybridized carbons (Fsp3) is 0.538. The van der Waals surface area contributed by atoms with Crippen LogP contribution in [0.5, 0.6) is 0 Å². The molecule has 0 radical (unpaired) electrons. The molecule has 0 saturated heterocycles. The molecule has 2 N–H and O–H groups in total. The van der Waals surface area contributed by atoms with E-state index in [-0.39, 0.29) is 5.92 Å². The van der Waals surface area contributed by atoms with Gasteiger partial charge < -0.3 is 5.73 Å². The van der Waals surface area contributed by atoms with E-state index in [2.05, 4.69) is 0 Å². The van der Waals surface area contributed by atoms with Crippen molar-refractivity contribution in [3.63, 3.8) is 0 Å². The molecule has 0 saturated carbocycles. The number of hydrogen-bond acceptors (Lipinski definition) is 1. The fourth-order valence-electron chi connectivity index (χ4n) is 1.53. The summed E-state index contributed by atoms with van der Waals surface area (Å²) in [5, 5.41) is 0. The highest BCUT2D eigenvalue weighted by atomic mass is 19.1. The maximum Gasteiger partial charge on any atom is 0.135 e. The van der Waals surface area contributed by atoms with Crippen molar-refractivity contribution in [1.82, 2.24) is 0 Å². The highest BCUT2D eigenvalue weighted by molar-refractivity contribution is 5.28. The van der Waals surface area contributed by atoms with Crippen LogP contribution >= 0.6 is 0 Å². The Balaban J connectivity index is 2.99. The lowest BCUT2D eigenvalue weighted by Gasteiger charge is -2.25. The predicted octanol–water partition coefficient (Wildman–Crippen LogP) is 3.03.